The first kappa shape index (κ1) is 16.0. The first-order valence-electron chi connectivity index (χ1n) is 9.92. The summed E-state index contributed by atoms with van der Waals surface area (Å²) in [5.41, 5.74) is 2.23. The molecule has 0 saturated heterocycles. The minimum absolute atomic E-state index is 0.00637. The van der Waals surface area contributed by atoms with Crippen molar-refractivity contribution in [3.8, 4) is 11.5 Å². The van der Waals surface area contributed by atoms with Gasteiger partial charge >= 0.3 is 0 Å². The van der Waals surface area contributed by atoms with Crippen LogP contribution in [0.3, 0.4) is 0 Å². The number of phenolic OH excluding ortho intramolecular Hbond substituents is 2. The Labute approximate surface area is 149 Å². The van der Waals surface area contributed by atoms with Crippen LogP contribution in [0.4, 0.5) is 0 Å². The SMILES string of the molecule is CNC[C@H]1O[C@@H](C23CC4CC(CC(C4)C2)C3)Cc2c1ccc(O)c2O. The lowest BCUT2D eigenvalue weighted by Crippen LogP contribution is -2.54. The number of hydrogen-bond acceptors (Lipinski definition) is 4. The van der Waals surface area contributed by atoms with Crippen LogP contribution in [0.25, 0.3) is 0 Å². The molecule has 4 saturated carbocycles. The van der Waals surface area contributed by atoms with E-state index in [0.29, 0.717) is 0 Å². The van der Waals surface area contributed by atoms with Crippen molar-refractivity contribution in [2.75, 3.05) is 13.6 Å². The van der Waals surface area contributed by atoms with Crippen molar-refractivity contribution in [1.29, 1.82) is 0 Å². The van der Waals surface area contributed by atoms with Crippen LogP contribution >= 0.6 is 0 Å². The fourth-order valence-corrected chi connectivity index (χ4v) is 6.94. The fourth-order valence-electron chi connectivity index (χ4n) is 6.94. The monoisotopic (exact) mass is 343 g/mol. The number of hydrogen-bond donors (Lipinski definition) is 3. The van der Waals surface area contributed by atoms with Crippen molar-refractivity contribution < 1.29 is 14.9 Å². The van der Waals surface area contributed by atoms with Gasteiger partial charge in [-0.25, -0.2) is 0 Å². The van der Waals surface area contributed by atoms with Crippen molar-refractivity contribution in [2.45, 2.75) is 57.2 Å². The van der Waals surface area contributed by atoms with Gasteiger partial charge in [-0.15, -0.1) is 0 Å². The fraction of sp³-hybridized carbons (Fsp3) is 0.714. The molecule has 0 amide bonds. The van der Waals surface area contributed by atoms with Gasteiger partial charge in [0.25, 0.3) is 0 Å². The van der Waals surface area contributed by atoms with Gasteiger partial charge in [-0.05, 0) is 80.4 Å². The Balaban J connectivity index is 1.52. The molecule has 4 aliphatic carbocycles. The number of benzene rings is 1. The summed E-state index contributed by atoms with van der Waals surface area (Å²) in [5.74, 6) is 2.72. The minimum Gasteiger partial charge on any atom is -0.504 e. The van der Waals surface area contributed by atoms with Gasteiger partial charge in [0.1, 0.15) is 0 Å². The molecule has 4 bridgehead atoms. The topological polar surface area (TPSA) is 61.7 Å². The zero-order valence-electron chi connectivity index (χ0n) is 15.0. The number of ether oxygens (including phenoxy) is 1. The van der Waals surface area contributed by atoms with Gasteiger partial charge in [0.05, 0.1) is 12.2 Å². The molecule has 1 aliphatic heterocycles. The summed E-state index contributed by atoms with van der Waals surface area (Å²) in [6.07, 6.45) is 9.03. The van der Waals surface area contributed by atoms with Crippen LogP contribution in [-0.2, 0) is 11.2 Å². The second-order valence-corrected chi connectivity index (χ2v) is 9.16. The summed E-state index contributed by atoms with van der Waals surface area (Å²) >= 11 is 0. The van der Waals surface area contributed by atoms with Gasteiger partial charge < -0.3 is 20.3 Å². The number of aromatic hydroxyl groups is 2. The molecule has 25 heavy (non-hydrogen) atoms. The molecule has 136 valence electrons. The summed E-state index contributed by atoms with van der Waals surface area (Å²) < 4.78 is 6.68. The van der Waals surface area contributed by atoms with Crippen LogP contribution in [0, 0.1) is 23.2 Å². The maximum atomic E-state index is 10.5. The smallest absolute Gasteiger partial charge is 0.161 e. The van der Waals surface area contributed by atoms with E-state index in [1.807, 2.05) is 13.1 Å². The molecule has 2 atom stereocenters. The molecule has 0 radical (unpaired) electrons. The lowest BCUT2D eigenvalue weighted by atomic mass is 9.47. The normalized spacial score (nSPS) is 41.7. The van der Waals surface area contributed by atoms with Crippen LogP contribution in [0.1, 0.15) is 55.8 Å². The third-order valence-electron chi connectivity index (χ3n) is 7.52. The largest absolute Gasteiger partial charge is 0.504 e. The molecule has 1 aromatic rings. The molecule has 4 nitrogen and oxygen atoms in total. The van der Waals surface area contributed by atoms with E-state index >= 15 is 0 Å². The van der Waals surface area contributed by atoms with E-state index in [1.165, 1.54) is 38.5 Å². The second kappa shape index (κ2) is 5.62. The molecule has 0 spiro atoms. The summed E-state index contributed by atoms with van der Waals surface area (Å²) in [5, 5.41) is 23.7. The van der Waals surface area contributed by atoms with Crippen molar-refractivity contribution in [1.82, 2.24) is 5.32 Å². The van der Waals surface area contributed by atoms with Gasteiger partial charge in [0, 0.05) is 18.5 Å². The Morgan fingerprint density at radius 2 is 1.72 bits per heavy atom. The molecule has 1 heterocycles. The Morgan fingerprint density at radius 3 is 2.32 bits per heavy atom. The number of rotatable bonds is 3. The lowest BCUT2D eigenvalue weighted by Gasteiger charge is -2.60. The average molecular weight is 343 g/mol. The molecule has 0 unspecified atom stereocenters. The van der Waals surface area contributed by atoms with Gasteiger partial charge in [0.2, 0.25) is 0 Å². The van der Waals surface area contributed by atoms with Gasteiger partial charge in [-0.1, -0.05) is 6.07 Å². The summed E-state index contributed by atoms with van der Waals surface area (Å²) in [7, 11) is 1.94. The summed E-state index contributed by atoms with van der Waals surface area (Å²) in [4.78, 5) is 0. The van der Waals surface area contributed by atoms with Gasteiger partial charge in [-0.2, -0.15) is 0 Å². The number of fused-ring (bicyclic) bond motifs is 1. The van der Waals surface area contributed by atoms with Crippen LogP contribution in [-0.4, -0.2) is 29.9 Å². The number of phenols is 2. The van der Waals surface area contributed by atoms with E-state index in [9.17, 15) is 10.2 Å². The first-order valence-corrected chi connectivity index (χ1v) is 9.92. The molecule has 3 N–H and O–H groups in total. The molecule has 4 heteroatoms. The predicted octanol–water partition coefficient (Wildman–Crippen LogP) is 3.52. The maximum absolute atomic E-state index is 10.5. The highest BCUT2D eigenvalue weighted by atomic mass is 16.5. The summed E-state index contributed by atoms with van der Waals surface area (Å²) in [6, 6.07) is 3.51. The van der Waals surface area contributed by atoms with Crippen molar-refractivity contribution in [2.24, 2.45) is 23.2 Å². The van der Waals surface area contributed by atoms with E-state index in [4.69, 9.17) is 4.74 Å². The standard InChI is InChI=1S/C21H29NO3/c1-22-11-18-15-2-3-17(23)20(24)16(15)7-19(25-18)21-8-12-4-13(9-21)6-14(5-12)10-21/h2-3,12-14,18-19,22-24H,4-11H2,1H3/t12?,13?,14?,18-,19-,21?/m1/s1. The molecule has 4 fully saturated rings. The predicted molar refractivity (Wildman–Crippen MR) is 95.6 cm³/mol. The quantitative estimate of drug-likeness (QED) is 0.735. The highest BCUT2D eigenvalue weighted by Crippen LogP contribution is 2.63. The van der Waals surface area contributed by atoms with Gasteiger partial charge in [-0.3, -0.25) is 0 Å². The molecular weight excluding hydrogens is 314 g/mol. The molecule has 0 aromatic heterocycles. The lowest BCUT2D eigenvalue weighted by molar-refractivity contribution is -0.166. The maximum Gasteiger partial charge on any atom is 0.161 e. The van der Waals surface area contributed by atoms with Gasteiger partial charge in [0.15, 0.2) is 11.5 Å². The number of nitrogens with one attached hydrogen (secondary N) is 1. The van der Waals surface area contributed by atoms with Crippen LogP contribution in [0.2, 0.25) is 0 Å². The Kier molecular flexibility index (Phi) is 3.58. The van der Waals surface area contributed by atoms with E-state index < -0.39 is 0 Å². The van der Waals surface area contributed by atoms with E-state index in [-0.39, 0.29) is 29.1 Å². The Hall–Kier alpha value is -1.26. The highest BCUT2D eigenvalue weighted by Gasteiger charge is 2.55. The third kappa shape index (κ3) is 2.41. The summed E-state index contributed by atoms with van der Waals surface area (Å²) in [6.45, 7) is 0.736. The number of likely N-dealkylation sites (N-methyl/N-ethyl adjacent to an activating group) is 1. The molecule has 1 aromatic carbocycles. The van der Waals surface area contributed by atoms with Crippen molar-refractivity contribution in [3.05, 3.63) is 23.3 Å². The third-order valence-corrected chi connectivity index (χ3v) is 7.52. The average Bonchev–Trinajstić information content (AvgIpc) is 2.57. The van der Waals surface area contributed by atoms with Crippen LogP contribution in [0.15, 0.2) is 12.1 Å². The Morgan fingerprint density at radius 1 is 1.08 bits per heavy atom. The van der Waals surface area contributed by atoms with Crippen LogP contribution in [0.5, 0.6) is 11.5 Å². The first-order chi connectivity index (χ1) is 12.1. The van der Waals surface area contributed by atoms with Crippen molar-refractivity contribution >= 4 is 0 Å². The molecule has 6 rings (SSSR count). The zero-order valence-corrected chi connectivity index (χ0v) is 15.0. The Bertz CT molecular complexity index is 651. The zero-order chi connectivity index (χ0) is 17.2. The minimum atomic E-state index is -0.0433. The van der Waals surface area contributed by atoms with Crippen molar-refractivity contribution in [3.63, 3.8) is 0 Å². The van der Waals surface area contributed by atoms with E-state index in [0.717, 1.165) is 41.8 Å². The second-order valence-electron chi connectivity index (χ2n) is 9.16. The highest BCUT2D eigenvalue weighted by molar-refractivity contribution is 5.51. The van der Waals surface area contributed by atoms with Crippen LogP contribution < -0.4 is 5.32 Å². The molecule has 5 aliphatic rings. The molecular formula is C21H29NO3. The van der Waals surface area contributed by atoms with E-state index in [1.54, 1.807) is 6.07 Å². The van der Waals surface area contributed by atoms with E-state index in [2.05, 4.69) is 5.32 Å².